The maximum atomic E-state index is 11.3. The number of hydrogen-bond donors (Lipinski definition) is 1. The van der Waals surface area contributed by atoms with Crippen LogP contribution in [0.4, 0.5) is 0 Å². The molecule has 0 aliphatic heterocycles. The summed E-state index contributed by atoms with van der Waals surface area (Å²) < 4.78 is 4.66. The van der Waals surface area contributed by atoms with Crippen molar-refractivity contribution in [2.75, 3.05) is 7.11 Å². The lowest BCUT2D eigenvalue weighted by molar-refractivity contribution is -0.141. The molecule has 1 rings (SSSR count). The number of hydrogen-bond acceptors (Lipinski definition) is 3. The van der Waals surface area contributed by atoms with E-state index in [0.717, 1.165) is 16.7 Å². The summed E-state index contributed by atoms with van der Waals surface area (Å²) in [5.74, 6) is -0.286. The van der Waals surface area contributed by atoms with Gasteiger partial charge in [0.2, 0.25) is 0 Å². The number of rotatable bonds is 3. The van der Waals surface area contributed by atoms with Crippen LogP contribution in [0.3, 0.4) is 0 Å². The molecule has 3 nitrogen and oxygen atoms in total. The second-order valence-corrected chi connectivity index (χ2v) is 4.49. The first-order valence-electron chi connectivity index (χ1n) is 5.30. The first kappa shape index (κ1) is 12.7. The molecule has 0 saturated heterocycles. The molecule has 1 atom stereocenters. The monoisotopic (exact) mass is 221 g/mol. The average molecular weight is 221 g/mol. The van der Waals surface area contributed by atoms with Crippen LogP contribution in [0.25, 0.3) is 0 Å². The predicted molar refractivity (Wildman–Crippen MR) is 64.1 cm³/mol. The average Bonchev–Trinajstić information content (AvgIpc) is 2.20. The van der Waals surface area contributed by atoms with E-state index in [4.69, 9.17) is 5.73 Å². The number of benzene rings is 1. The third-order valence-corrected chi connectivity index (χ3v) is 2.75. The smallest absolute Gasteiger partial charge is 0.307 e. The number of ether oxygens (including phenoxy) is 1. The van der Waals surface area contributed by atoms with E-state index in [0.29, 0.717) is 0 Å². The lowest BCUT2D eigenvalue weighted by Gasteiger charge is -2.26. The van der Waals surface area contributed by atoms with Crippen molar-refractivity contribution in [3.8, 4) is 0 Å². The van der Waals surface area contributed by atoms with Crippen molar-refractivity contribution in [3.05, 3.63) is 34.9 Å². The predicted octanol–water partition coefficient (Wildman–Crippen LogP) is 2.04. The highest BCUT2D eigenvalue weighted by molar-refractivity contribution is 5.71. The Balaban J connectivity index is 3.05. The first-order valence-corrected chi connectivity index (χ1v) is 5.30. The zero-order valence-electron chi connectivity index (χ0n) is 10.3. The van der Waals surface area contributed by atoms with Crippen molar-refractivity contribution in [3.63, 3.8) is 0 Å². The molecule has 0 aliphatic rings. The van der Waals surface area contributed by atoms with Crippen LogP contribution in [0.2, 0.25) is 0 Å². The van der Waals surface area contributed by atoms with E-state index in [1.54, 1.807) is 0 Å². The van der Waals surface area contributed by atoms with Gasteiger partial charge in [0.1, 0.15) is 0 Å². The molecule has 2 N–H and O–H groups in total. The van der Waals surface area contributed by atoms with E-state index < -0.39 is 5.54 Å². The summed E-state index contributed by atoms with van der Waals surface area (Å²) >= 11 is 0. The molecule has 0 spiro atoms. The molecule has 0 amide bonds. The van der Waals surface area contributed by atoms with E-state index in [2.05, 4.69) is 4.74 Å². The molecule has 0 aromatic heterocycles. The van der Waals surface area contributed by atoms with Gasteiger partial charge in [-0.25, -0.2) is 0 Å². The van der Waals surface area contributed by atoms with Crippen LogP contribution in [0.1, 0.15) is 30.0 Å². The second kappa shape index (κ2) is 4.66. The van der Waals surface area contributed by atoms with Crippen LogP contribution in [0, 0.1) is 13.8 Å². The third kappa shape index (κ3) is 2.83. The van der Waals surface area contributed by atoms with Crippen LogP contribution >= 0.6 is 0 Å². The van der Waals surface area contributed by atoms with E-state index in [1.807, 2.05) is 39.0 Å². The normalized spacial score (nSPS) is 14.3. The van der Waals surface area contributed by atoms with Gasteiger partial charge in [-0.15, -0.1) is 0 Å². The van der Waals surface area contributed by atoms with Crippen molar-refractivity contribution in [1.82, 2.24) is 0 Å². The zero-order valence-corrected chi connectivity index (χ0v) is 10.3. The Morgan fingerprint density at radius 3 is 2.62 bits per heavy atom. The van der Waals surface area contributed by atoms with Gasteiger partial charge in [-0.2, -0.15) is 0 Å². The number of carbonyl (C=O) groups is 1. The van der Waals surface area contributed by atoms with Crippen molar-refractivity contribution in [2.45, 2.75) is 32.7 Å². The SMILES string of the molecule is COC(=O)CC(C)(N)c1cc(C)ccc1C. The minimum absolute atomic E-state index is 0.188. The molecule has 0 heterocycles. The van der Waals surface area contributed by atoms with Gasteiger partial charge in [-0.3, -0.25) is 4.79 Å². The molecule has 1 unspecified atom stereocenters. The molecule has 1 aromatic carbocycles. The molecule has 0 bridgehead atoms. The molecular weight excluding hydrogens is 202 g/mol. The quantitative estimate of drug-likeness (QED) is 0.795. The lowest BCUT2D eigenvalue weighted by Crippen LogP contribution is -2.36. The maximum absolute atomic E-state index is 11.3. The lowest BCUT2D eigenvalue weighted by atomic mass is 9.86. The molecule has 88 valence electrons. The molecule has 0 radical (unpaired) electrons. The standard InChI is InChI=1S/C13H19NO2/c1-9-5-6-10(2)11(7-9)13(3,14)8-12(15)16-4/h5-7H,8,14H2,1-4H3. The van der Waals surface area contributed by atoms with Crippen LogP contribution in [0.15, 0.2) is 18.2 Å². The van der Waals surface area contributed by atoms with Gasteiger partial charge in [0.15, 0.2) is 0 Å². The summed E-state index contributed by atoms with van der Waals surface area (Å²) in [5, 5.41) is 0. The van der Waals surface area contributed by atoms with E-state index in [1.165, 1.54) is 7.11 Å². The maximum Gasteiger partial charge on any atom is 0.307 e. The van der Waals surface area contributed by atoms with Gasteiger partial charge in [-0.1, -0.05) is 23.8 Å². The minimum Gasteiger partial charge on any atom is -0.469 e. The Kier molecular flexibility index (Phi) is 3.70. The molecule has 3 heteroatoms. The molecule has 0 fully saturated rings. The Morgan fingerprint density at radius 2 is 2.06 bits per heavy atom. The van der Waals surface area contributed by atoms with Crippen molar-refractivity contribution >= 4 is 5.97 Å². The second-order valence-electron chi connectivity index (χ2n) is 4.49. The highest BCUT2D eigenvalue weighted by atomic mass is 16.5. The van der Waals surface area contributed by atoms with Crippen LogP contribution < -0.4 is 5.73 Å². The van der Waals surface area contributed by atoms with E-state index >= 15 is 0 Å². The summed E-state index contributed by atoms with van der Waals surface area (Å²) in [6.45, 7) is 5.86. The van der Waals surface area contributed by atoms with Gasteiger partial charge >= 0.3 is 5.97 Å². The van der Waals surface area contributed by atoms with Crippen LogP contribution in [-0.4, -0.2) is 13.1 Å². The van der Waals surface area contributed by atoms with Crippen molar-refractivity contribution < 1.29 is 9.53 Å². The summed E-state index contributed by atoms with van der Waals surface area (Å²) in [6, 6.07) is 6.08. The Hall–Kier alpha value is -1.35. The van der Waals surface area contributed by atoms with Crippen LogP contribution in [-0.2, 0) is 15.1 Å². The topological polar surface area (TPSA) is 52.3 Å². The third-order valence-electron chi connectivity index (χ3n) is 2.75. The number of aryl methyl sites for hydroxylation is 2. The fraction of sp³-hybridized carbons (Fsp3) is 0.462. The van der Waals surface area contributed by atoms with Crippen molar-refractivity contribution in [2.24, 2.45) is 5.73 Å². The number of carbonyl (C=O) groups excluding carboxylic acids is 1. The highest BCUT2D eigenvalue weighted by Crippen LogP contribution is 2.26. The largest absolute Gasteiger partial charge is 0.469 e. The fourth-order valence-electron chi connectivity index (χ4n) is 1.82. The Morgan fingerprint density at radius 1 is 1.44 bits per heavy atom. The molecule has 1 aromatic rings. The van der Waals surface area contributed by atoms with Gasteiger partial charge in [-0.05, 0) is 31.9 Å². The summed E-state index contributed by atoms with van der Waals surface area (Å²) in [6.07, 6.45) is 0.188. The van der Waals surface area contributed by atoms with Gasteiger partial charge < -0.3 is 10.5 Å². The van der Waals surface area contributed by atoms with Crippen molar-refractivity contribution in [1.29, 1.82) is 0 Å². The van der Waals surface area contributed by atoms with E-state index in [-0.39, 0.29) is 12.4 Å². The molecule has 16 heavy (non-hydrogen) atoms. The highest BCUT2D eigenvalue weighted by Gasteiger charge is 2.26. The van der Waals surface area contributed by atoms with E-state index in [9.17, 15) is 4.79 Å². The summed E-state index contributed by atoms with van der Waals surface area (Å²) in [7, 11) is 1.38. The number of methoxy groups -OCH3 is 1. The van der Waals surface area contributed by atoms with Gasteiger partial charge in [0.05, 0.1) is 13.5 Å². The van der Waals surface area contributed by atoms with Gasteiger partial charge in [0.25, 0.3) is 0 Å². The fourth-order valence-corrected chi connectivity index (χ4v) is 1.82. The molecule has 0 aliphatic carbocycles. The Labute approximate surface area is 96.6 Å². The Bertz CT molecular complexity index is 397. The zero-order chi connectivity index (χ0) is 12.3. The summed E-state index contributed by atoms with van der Waals surface area (Å²) in [4.78, 5) is 11.3. The number of esters is 1. The summed E-state index contributed by atoms with van der Waals surface area (Å²) in [5.41, 5.74) is 8.74. The molecule has 0 saturated carbocycles. The van der Waals surface area contributed by atoms with Crippen LogP contribution in [0.5, 0.6) is 0 Å². The minimum atomic E-state index is -0.677. The first-order chi connectivity index (χ1) is 7.36. The van der Waals surface area contributed by atoms with Gasteiger partial charge in [0, 0.05) is 5.54 Å². The molecular formula is C13H19NO2. The number of nitrogens with two attached hydrogens (primary N) is 1.